The minimum atomic E-state index is -3.07. The number of rotatable bonds is 3. The molecule has 5 nitrogen and oxygen atoms in total. The van der Waals surface area contributed by atoms with Gasteiger partial charge >= 0.3 is 5.69 Å². The van der Waals surface area contributed by atoms with E-state index in [0.29, 0.717) is 0 Å². The van der Waals surface area contributed by atoms with Crippen molar-refractivity contribution in [3.8, 4) is 0 Å². The Morgan fingerprint density at radius 3 is 2.56 bits per heavy atom. The highest BCUT2D eigenvalue weighted by atomic mass is 35.5. The Labute approximate surface area is 93.2 Å². The first-order valence-corrected chi connectivity index (χ1v) is 4.36. The first-order chi connectivity index (χ1) is 7.36. The van der Waals surface area contributed by atoms with Crippen LogP contribution in [0.15, 0.2) is 6.20 Å². The smallest absolute Gasteiger partial charge is 0.274 e. The van der Waals surface area contributed by atoms with E-state index < -0.39 is 33.5 Å². The molecule has 0 saturated heterocycles. The lowest BCUT2D eigenvalue weighted by Gasteiger charge is -2.06. The van der Waals surface area contributed by atoms with Crippen molar-refractivity contribution in [2.75, 3.05) is 0 Å². The largest absolute Gasteiger partial charge is 0.309 e. The van der Waals surface area contributed by atoms with Gasteiger partial charge in [-0.15, -0.1) is 0 Å². The second kappa shape index (κ2) is 4.48. The summed E-state index contributed by atoms with van der Waals surface area (Å²) in [4.78, 5) is 23.7. The number of carbonyl (C=O) groups excluding carboxylic acids is 1. The normalized spacial score (nSPS) is 10.6. The summed E-state index contributed by atoms with van der Waals surface area (Å²) in [6, 6.07) is 0. The molecule has 0 bridgehead atoms. The Morgan fingerprint density at radius 2 is 2.19 bits per heavy atom. The summed E-state index contributed by atoms with van der Waals surface area (Å²) < 4.78 is 25.2. The van der Waals surface area contributed by atoms with E-state index >= 15 is 0 Å². The van der Waals surface area contributed by atoms with Gasteiger partial charge in [0, 0.05) is 6.20 Å². The molecule has 1 aromatic rings. The van der Waals surface area contributed by atoms with Gasteiger partial charge in [0.25, 0.3) is 11.7 Å². The van der Waals surface area contributed by atoms with Gasteiger partial charge in [-0.05, 0) is 24.1 Å². The van der Waals surface area contributed by atoms with Gasteiger partial charge < -0.3 is 0 Å². The molecule has 0 spiro atoms. The zero-order chi connectivity index (χ0) is 12.5. The molecule has 0 fully saturated rings. The van der Waals surface area contributed by atoms with Crippen LogP contribution in [-0.2, 0) is 0 Å². The van der Waals surface area contributed by atoms with E-state index in [4.69, 9.17) is 11.6 Å². The SMILES string of the molecule is Cc1cnc(C(=O)Cl)c([N+](=O)[O-])c1C(F)F. The van der Waals surface area contributed by atoms with E-state index in [9.17, 15) is 23.7 Å². The monoisotopic (exact) mass is 250 g/mol. The summed E-state index contributed by atoms with van der Waals surface area (Å²) in [6.45, 7) is 1.24. The van der Waals surface area contributed by atoms with Crippen molar-refractivity contribution in [1.82, 2.24) is 4.98 Å². The average molecular weight is 251 g/mol. The summed E-state index contributed by atoms with van der Waals surface area (Å²) in [7, 11) is 0. The average Bonchev–Trinajstić information content (AvgIpc) is 2.15. The van der Waals surface area contributed by atoms with E-state index in [1.807, 2.05) is 0 Å². The van der Waals surface area contributed by atoms with Gasteiger partial charge in [-0.2, -0.15) is 0 Å². The van der Waals surface area contributed by atoms with Gasteiger partial charge in [-0.3, -0.25) is 14.9 Å². The van der Waals surface area contributed by atoms with Crippen LogP contribution in [-0.4, -0.2) is 15.1 Å². The van der Waals surface area contributed by atoms with Crippen LogP contribution in [0.3, 0.4) is 0 Å². The zero-order valence-corrected chi connectivity index (χ0v) is 8.66. The predicted molar refractivity (Wildman–Crippen MR) is 50.8 cm³/mol. The molecule has 1 rings (SSSR count). The Balaban J connectivity index is 3.63. The third-order valence-corrected chi connectivity index (χ3v) is 2.06. The highest BCUT2D eigenvalue weighted by Gasteiger charge is 2.31. The number of halogens is 3. The minimum Gasteiger partial charge on any atom is -0.274 e. The number of pyridine rings is 1. The standard InChI is InChI=1S/C8H5ClF2N2O3/c1-3-2-12-5(7(9)14)6(13(15)16)4(3)8(10)11/h2,8H,1H3. The van der Waals surface area contributed by atoms with Crippen molar-refractivity contribution in [3.63, 3.8) is 0 Å². The van der Waals surface area contributed by atoms with Crippen LogP contribution in [0.4, 0.5) is 14.5 Å². The van der Waals surface area contributed by atoms with Crippen LogP contribution in [0.5, 0.6) is 0 Å². The molecule has 0 aliphatic rings. The molecule has 0 saturated carbocycles. The van der Waals surface area contributed by atoms with Crippen molar-refractivity contribution < 1.29 is 18.5 Å². The lowest BCUT2D eigenvalue weighted by atomic mass is 10.1. The maximum absolute atomic E-state index is 12.6. The quantitative estimate of drug-likeness (QED) is 0.469. The fraction of sp³-hybridized carbons (Fsp3) is 0.250. The summed E-state index contributed by atoms with van der Waals surface area (Å²) in [6.07, 6.45) is -2.12. The lowest BCUT2D eigenvalue weighted by Crippen LogP contribution is -2.07. The Bertz CT molecular complexity index is 465. The maximum atomic E-state index is 12.6. The van der Waals surface area contributed by atoms with Crippen LogP contribution in [0.25, 0.3) is 0 Å². The summed E-state index contributed by atoms with van der Waals surface area (Å²) in [5.41, 5.74) is -2.70. The number of alkyl halides is 2. The third-order valence-electron chi connectivity index (χ3n) is 1.88. The minimum absolute atomic E-state index is 0.0663. The molecule has 8 heteroatoms. The van der Waals surface area contributed by atoms with Crippen LogP contribution in [0.1, 0.15) is 28.0 Å². The van der Waals surface area contributed by atoms with Crippen molar-refractivity contribution in [3.05, 3.63) is 33.1 Å². The number of hydrogen-bond donors (Lipinski definition) is 0. The van der Waals surface area contributed by atoms with E-state index in [-0.39, 0.29) is 5.56 Å². The van der Waals surface area contributed by atoms with Crippen LogP contribution < -0.4 is 0 Å². The molecule has 86 valence electrons. The van der Waals surface area contributed by atoms with Crippen molar-refractivity contribution in [2.45, 2.75) is 13.3 Å². The summed E-state index contributed by atoms with van der Waals surface area (Å²) in [5, 5.41) is 9.38. The first-order valence-electron chi connectivity index (χ1n) is 3.98. The van der Waals surface area contributed by atoms with E-state index in [1.165, 1.54) is 6.92 Å². The Morgan fingerprint density at radius 1 is 1.62 bits per heavy atom. The number of carbonyl (C=O) groups is 1. The second-order valence-electron chi connectivity index (χ2n) is 2.88. The van der Waals surface area contributed by atoms with Crippen molar-refractivity contribution >= 4 is 22.5 Å². The summed E-state index contributed by atoms with van der Waals surface area (Å²) in [5.74, 6) is 0. The van der Waals surface area contributed by atoms with Gasteiger partial charge in [0.15, 0.2) is 0 Å². The predicted octanol–water partition coefficient (Wildman–Crippen LogP) is 2.61. The van der Waals surface area contributed by atoms with E-state index in [0.717, 1.165) is 6.20 Å². The molecule has 0 amide bonds. The molecule has 0 aliphatic carbocycles. The fourth-order valence-corrected chi connectivity index (χ4v) is 1.35. The number of nitro groups is 1. The van der Waals surface area contributed by atoms with Gasteiger partial charge in [0.05, 0.1) is 4.92 Å². The van der Waals surface area contributed by atoms with Gasteiger partial charge in [-0.25, -0.2) is 13.8 Å². The van der Waals surface area contributed by atoms with E-state index in [2.05, 4.69) is 4.98 Å². The van der Waals surface area contributed by atoms with Gasteiger partial charge in [0.2, 0.25) is 5.69 Å². The van der Waals surface area contributed by atoms with Crippen LogP contribution in [0.2, 0.25) is 0 Å². The molecule has 0 atom stereocenters. The van der Waals surface area contributed by atoms with Crippen LogP contribution in [0, 0.1) is 17.0 Å². The molecule has 1 heterocycles. The molecule has 16 heavy (non-hydrogen) atoms. The molecular formula is C8H5ClF2N2O3. The summed E-state index contributed by atoms with van der Waals surface area (Å²) >= 11 is 5.03. The van der Waals surface area contributed by atoms with Crippen molar-refractivity contribution in [2.24, 2.45) is 0 Å². The third kappa shape index (κ3) is 2.13. The number of hydrogen-bond acceptors (Lipinski definition) is 4. The molecular weight excluding hydrogens is 246 g/mol. The molecule has 0 N–H and O–H groups in total. The Kier molecular flexibility index (Phi) is 3.48. The Hall–Kier alpha value is -1.63. The van der Waals surface area contributed by atoms with Crippen LogP contribution >= 0.6 is 11.6 Å². The molecule has 0 aliphatic heterocycles. The van der Waals surface area contributed by atoms with Gasteiger partial charge in [-0.1, -0.05) is 0 Å². The molecule has 0 radical (unpaired) electrons. The zero-order valence-electron chi connectivity index (χ0n) is 7.91. The topological polar surface area (TPSA) is 73.1 Å². The molecule has 0 aromatic carbocycles. The molecule has 0 unspecified atom stereocenters. The first kappa shape index (κ1) is 12.4. The number of nitrogens with zero attached hydrogens (tertiary/aromatic N) is 2. The maximum Gasteiger partial charge on any atom is 0.309 e. The second-order valence-corrected chi connectivity index (χ2v) is 3.23. The highest BCUT2D eigenvalue weighted by Crippen LogP contribution is 2.33. The molecule has 1 aromatic heterocycles. The number of aromatic nitrogens is 1. The van der Waals surface area contributed by atoms with Crippen molar-refractivity contribution in [1.29, 1.82) is 0 Å². The number of aryl methyl sites for hydroxylation is 1. The lowest BCUT2D eigenvalue weighted by molar-refractivity contribution is -0.386. The van der Waals surface area contributed by atoms with Gasteiger partial charge in [0.1, 0.15) is 5.56 Å². The fourth-order valence-electron chi connectivity index (χ4n) is 1.21. The van der Waals surface area contributed by atoms with E-state index in [1.54, 1.807) is 0 Å². The highest BCUT2D eigenvalue weighted by molar-refractivity contribution is 6.67.